The van der Waals surface area contributed by atoms with Gasteiger partial charge in [-0.05, 0) is 31.2 Å². The first-order chi connectivity index (χ1) is 10.8. The predicted octanol–water partition coefficient (Wildman–Crippen LogP) is 1.25. The minimum atomic E-state index is -4.25. The molecule has 1 aromatic rings. The topological polar surface area (TPSA) is 121 Å². The molecule has 1 atom stereocenters. The Balaban J connectivity index is 2.31. The molecular formula is C15H21NO6S. The van der Waals surface area contributed by atoms with Crippen molar-refractivity contribution in [2.75, 3.05) is 5.75 Å². The van der Waals surface area contributed by atoms with E-state index in [4.69, 9.17) is 9.66 Å². The number of aryl methyl sites for hydroxylation is 1. The van der Waals surface area contributed by atoms with Crippen molar-refractivity contribution in [3.05, 3.63) is 35.9 Å². The van der Waals surface area contributed by atoms with Gasteiger partial charge in [0.1, 0.15) is 6.04 Å². The monoisotopic (exact) mass is 343 g/mol. The Kier molecular flexibility index (Phi) is 7.70. The third-order valence-electron chi connectivity index (χ3n) is 3.26. The standard InChI is InChI=1S/C15H21NO6S/c17-14(9-5-4-8-12-6-2-1-3-7-12)16-13(15(18)19)10-11-23(20,21)22/h1-3,6-7,13H,4-5,8-11H2,(H,16,17)(H,18,19)(H,20,21,22)/t13-/m0/s1. The maximum absolute atomic E-state index is 11.7. The van der Waals surface area contributed by atoms with Crippen molar-refractivity contribution in [1.82, 2.24) is 5.32 Å². The number of carboxylic acid groups (broad SMARTS) is 1. The number of benzene rings is 1. The molecule has 1 aromatic carbocycles. The second kappa shape index (κ2) is 9.26. The van der Waals surface area contributed by atoms with Gasteiger partial charge in [0.25, 0.3) is 10.1 Å². The summed E-state index contributed by atoms with van der Waals surface area (Å²) in [7, 11) is -4.25. The number of hydrogen-bond donors (Lipinski definition) is 3. The highest BCUT2D eigenvalue weighted by Gasteiger charge is 2.21. The zero-order valence-corrected chi connectivity index (χ0v) is 13.5. The molecule has 1 amide bonds. The zero-order chi connectivity index (χ0) is 17.3. The molecule has 0 unspecified atom stereocenters. The van der Waals surface area contributed by atoms with Gasteiger partial charge in [0.2, 0.25) is 5.91 Å². The van der Waals surface area contributed by atoms with E-state index in [1.807, 2.05) is 30.3 Å². The molecule has 3 N–H and O–H groups in total. The molecule has 0 radical (unpaired) electrons. The summed E-state index contributed by atoms with van der Waals surface area (Å²) < 4.78 is 29.9. The van der Waals surface area contributed by atoms with Crippen LogP contribution in [-0.2, 0) is 26.1 Å². The van der Waals surface area contributed by atoms with Gasteiger partial charge in [0, 0.05) is 6.42 Å². The lowest BCUT2D eigenvalue weighted by Crippen LogP contribution is -2.41. The first kappa shape index (κ1) is 19.1. The maximum Gasteiger partial charge on any atom is 0.326 e. The summed E-state index contributed by atoms with van der Waals surface area (Å²) in [5.41, 5.74) is 1.17. The predicted molar refractivity (Wildman–Crippen MR) is 84.6 cm³/mol. The van der Waals surface area contributed by atoms with Gasteiger partial charge in [0.15, 0.2) is 0 Å². The van der Waals surface area contributed by atoms with Crippen LogP contribution in [0.2, 0.25) is 0 Å². The Morgan fingerprint density at radius 2 is 1.78 bits per heavy atom. The van der Waals surface area contributed by atoms with Crippen LogP contribution in [0.3, 0.4) is 0 Å². The van der Waals surface area contributed by atoms with Crippen LogP contribution in [-0.4, -0.2) is 41.7 Å². The van der Waals surface area contributed by atoms with E-state index in [-0.39, 0.29) is 12.8 Å². The second-order valence-electron chi connectivity index (χ2n) is 5.23. The van der Waals surface area contributed by atoms with Gasteiger partial charge in [-0.25, -0.2) is 4.79 Å². The van der Waals surface area contributed by atoms with E-state index < -0.39 is 33.8 Å². The van der Waals surface area contributed by atoms with Crippen molar-refractivity contribution in [2.24, 2.45) is 0 Å². The van der Waals surface area contributed by atoms with Gasteiger partial charge >= 0.3 is 5.97 Å². The smallest absolute Gasteiger partial charge is 0.326 e. The van der Waals surface area contributed by atoms with E-state index in [0.29, 0.717) is 6.42 Å². The minimum Gasteiger partial charge on any atom is -0.480 e. The van der Waals surface area contributed by atoms with E-state index in [1.165, 1.54) is 5.56 Å². The number of carbonyl (C=O) groups excluding carboxylic acids is 1. The molecule has 0 aromatic heterocycles. The molecule has 0 fully saturated rings. The lowest BCUT2D eigenvalue weighted by Gasteiger charge is -2.13. The first-order valence-electron chi connectivity index (χ1n) is 7.29. The summed E-state index contributed by atoms with van der Waals surface area (Å²) in [6.07, 6.45) is 2.03. The summed E-state index contributed by atoms with van der Waals surface area (Å²) in [5, 5.41) is 11.2. The van der Waals surface area contributed by atoms with Crippen molar-refractivity contribution in [3.63, 3.8) is 0 Å². The average molecular weight is 343 g/mol. The van der Waals surface area contributed by atoms with E-state index >= 15 is 0 Å². The highest BCUT2D eigenvalue weighted by molar-refractivity contribution is 7.85. The van der Waals surface area contributed by atoms with E-state index in [9.17, 15) is 18.0 Å². The van der Waals surface area contributed by atoms with Crippen LogP contribution in [0.25, 0.3) is 0 Å². The lowest BCUT2D eigenvalue weighted by atomic mass is 10.1. The Hall–Kier alpha value is -1.93. The molecule has 128 valence electrons. The number of carboxylic acids is 1. The largest absolute Gasteiger partial charge is 0.480 e. The molecule has 23 heavy (non-hydrogen) atoms. The fourth-order valence-corrected chi connectivity index (χ4v) is 2.58. The molecule has 0 spiro atoms. The van der Waals surface area contributed by atoms with Gasteiger partial charge in [-0.2, -0.15) is 8.42 Å². The van der Waals surface area contributed by atoms with Crippen LogP contribution in [0, 0.1) is 0 Å². The number of rotatable bonds is 10. The third kappa shape index (κ3) is 8.94. The summed E-state index contributed by atoms with van der Waals surface area (Å²) in [6.45, 7) is 0. The van der Waals surface area contributed by atoms with E-state index in [2.05, 4.69) is 5.32 Å². The van der Waals surface area contributed by atoms with Crippen LogP contribution >= 0.6 is 0 Å². The van der Waals surface area contributed by atoms with Crippen LogP contribution in [0.15, 0.2) is 30.3 Å². The number of aliphatic carboxylic acids is 1. The number of amides is 1. The first-order valence-corrected chi connectivity index (χ1v) is 8.90. The molecule has 0 saturated heterocycles. The molecule has 0 aliphatic carbocycles. The Morgan fingerprint density at radius 1 is 1.13 bits per heavy atom. The number of hydrogen-bond acceptors (Lipinski definition) is 4. The summed E-state index contributed by atoms with van der Waals surface area (Å²) in [5.74, 6) is -2.48. The van der Waals surface area contributed by atoms with E-state index in [0.717, 1.165) is 12.8 Å². The second-order valence-corrected chi connectivity index (χ2v) is 6.80. The Bertz CT molecular complexity index is 614. The molecule has 1 rings (SSSR count). The SMILES string of the molecule is O=C(CCCCc1ccccc1)N[C@@H](CCS(=O)(=O)O)C(=O)O. The molecule has 0 saturated carbocycles. The van der Waals surface area contributed by atoms with Crippen molar-refractivity contribution in [3.8, 4) is 0 Å². The van der Waals surface area contributed by atoms with Crippen LogP contribution in [0.1, 0.15) is 31.2 Å². The molecule has 0 bridgehead atoms. The van der Waals surface area contributed by atoms with Crippen molar-refractivity contribution in [2.45, 2.75) is 38.1 Å². The van der Waals surface area contributed by atoms with Gasteiger partial charge in [-0.1, -0.05) is 30.3 Å². The molecule has 0 aliphatic heterocycles. The fourth-order valence-electron chi connectivity index (χ4n) is 2.05. The molecule has 7 nitrogen and oxygen atoms in total. The van der Waals surface area contributed by atoms with Crippen molar-refractivity contribution < 1.29 is 27.7 Å². The number of carbonyl (C=O) groups is 2. The van der Waals surface area contributed by atoms with Gasteiger partial charge in [-0.15, -0.1) is 0 Å². The summed E-state index contributed by atoms with van der Waals surface area (Å²) >= 11 is 0. The fraction of sp³-hybridized carbons (Fsp3) is 0.467. The minimum absolute atomic E-state index is 0.169. The Morgan fingerprint density at radius 3 is 2.35 bits per heavy atom. The van der Waals surface area contributed by atoms with Crippen molar-refractivity contribution in [1.29, 1.82) is 0 Å². The van der Waals surface area contributed by atoms with Gasteiger partial charge < -0.3 is 10.4 Å². The van der Waals surface area contributed by atoms with Crippen LogP contribution in [0.4, 0.5) is 0 Å². The number of nitrogens with one attached hydrogen (secondary N) is 1. The van der Waals surface area contributed by atoms with Crippen LogP contribution < -0.4 is 5.32 Å². The highest BCUT2D eigenvalue weighted by atomic mass is 32.2. The molecule has 8 heteroatoms. The quantitative estimate of drug-likeness (QED) is 0.434. The molecular weight excluding hydrogens is 322 g/mol. The Labute approximate surface area is 135 Å². The maximum atomic E-state index is 11.7. The number of unbranched alkanes of at least 4 members (excludes halogenated alkanes) is 1. The zero-order valence-electron chi connectivity index (χ0n) is 12.6. The normalized spacial score (nSPS) is 12.6. The molecule has 0 heterocycles. The highest BCUT2D eigenvalue weighted by Crippen LogP contribution is 2.06. The lowest BCUT2D eigenvalue weighted by molar-refractivity contribution is -0.141. The van der Waals surface area contributed by atoms with Gasteiger partial charge in [-0.3, -0.25) is 9.35 Å². The van der Waals surface area contributed by atoms with Crippen LogP contribution in [0.5, 0.6) is 0 Å². The molecule has 0 aliphatic rings. The summed E-state index contributed by atoms with van der Waals surface area (Å²) in [4.78, 5) is 22.7. The van der Waals surface area contributed by atoms with Gasteiger partial charge in [0.05, 0.1) is 5.75 Å². The average Bonchev–Trinajstić information content (AvgIpc) is 2.48. The summed E-state index contributed by atoms with van der Waals surface area (Å²) in [6, 6.07) is 8.48. The van der Waals surface area contributed by atoms with E-state index in [1.54, 1.807) is 0 Å². The third-order valence-corrected chi connectivity index (χ3v) is 4.01. The van der Waals surface area contributed by atoms with Crippen molar-refractivity contribution >= 4 is 22.0 Å².